The predicted molar refractivity (Wildman–Crippen MR) is 90.1 cm³/mol. The second kappa shape index (κ2) is 6.98. The standard InChI is InChI=1S/C18H20O7/c1-20-12-5-10(6-13(21-2)16(12)22-3)15-11(8-19)7-14-17(18(15)23-4)25-9-24-14/h5-7,19H,8-9H2,1-4H3. The van der Waals surface area contributed by atoms with Crippen molar-refractivity contribution in [1.29, 1.82) is 0 Å². The Morgan fingerprint density at radius 2 is 1.52 bits per heavy atom. The number of aliphatic hydroxyl groups excluding tert-OH is 1. The van der Waals surface area contributed by atoms with E-state index in [1.807, 2.05) is 0 Å². The van der Waals surface area contributed by atoms with E-state index in [0.29, 0.717) is 45.6 Å². The van der Waals surface area contributed by atoms with Crippen molar-refractivity contribution in [3.63, 3.8) is 0 Å². The molecule has 0 fully saturated rings. The van der Waals surface area contributed by atoms with E-state index in [9.17, 15) is 5.11 Å². The lowest BCUT2D eigenvalue weighted by atomic mass is 9.97. The van der Waals surface area contributed by atoms with Gasteiger partial charge in [0.05, 0.1) is 35.0 Å². The molecule has 3 rings (SSSR count). The zero-order valence-corrected chi connectivity index (χ0v) is 14.5. The van der Waals surface area contributed by atoms with Gasteiger partial charge in [-0.15, -0.1) is 0 Å². The van der Waals surface area contributed by atoms with Gasteiger partial charge >= 0.3 is 0 Å². The maximum absolute atomic E-state index is 9.85. The fourth-order valence-corrected chi connectivity index (χ4v) is 2.92. The molecule has 0 unspecified atom stereocenters. The lowest BCUT2D eigenvalue weighted by Crippen LogP contribution is -1.99. The van der Waals surface area contributed by atoms with Crippen LogP contribution >= 0.6 is 0 Å². The summed E-state index contributed by atoms with van der Waals surface area (Å²) in [6, 6.07) is 5.32. The smallest absolute Gasteiger partial charge is 0.231 e. The molecule has 7 nitrogen and oxygen atoms in total. The Morgan fingerprint density at radius 3 is 2.04 bits per heavy atom. The Bertz CT molecular complexity index is 760. The number of methoxy groups -OCH3 is 4. The maximum atomic E-state index is 9.85. The Kier molecular flexibility index (Phi) is 4.76. The van der Waals surface area contributed by atoms with Crippen LogP contribution in [0.1, 0.15) is 5.56 Å². The van der Waals surface area contributed by atoms with Gasteiger partial charge in [0.1, 0.15) is 0 Å². The second-order valence-corrected chi connectivity index (χ2v) is 5.25. The van der Waals surface area contributed by atoms with E-state index in [1.165, 1.54) is 0 Å². The molecule has 1 aliphatic heterocycles. The summed E-state index contributed by atoms with van der Waals surface area (Å²) in [4.78, 5) is 0. The van der Waals surface area contributed by atoms with Gasteiger partial charge in [-0.1, -0.05) is 0 Å². The molecule has 1 N–H and O–H groups in total. The minimum atomic E-state index is -0.195. The number of ether oxygens (including phenoxy) is 6. The molecule has 0 spiro atoms. The molecule has 0 amide bonds. The van der Waals surface area contributed by atoms with E-state index in [1.54, 1.807) is 46.6 Å². The van der Waals surface area contributed by atoms with Gasteiger partial charge in [0.2, 0.25) is 18.3 Å². The minimum Gasteiger partial charge on any atom is -0.493 e. The number of aliphatic hydroxyl groups is 1. The van der Waals surface area contributed by atoms with Crippen molar-refractivity contribution in [2.75, 3.05) is 35.2 Å². The molecule has 0 radical (unpaired) electrons. The summed E-state index contributed by atoms with van der Waals surface area (Å²) in [6.07, 6.45) is 0. The highest BCUT2D eigenvalue weighted by molar-refractivity contribution is 5.82. The normalized spacial score (nSPS) is 12.0. The third-order valence-electron chi connectivity index (χ3n) is 4.03. The molecule has 0 atom stereocenters. The third-order valence-corrected chi connectivity index (χ3v) is 4.03. The van der Waals surface area contributed by atoms with Crippen molar-refractivity contribution in [3.8, 4) is 45.6 Å². The fourth-order valence-electron chi connectivity index (χ4n) is 2.92. The molecule has 2 aromatic rings. The van der Waals surface area contributed by atoms with Crippen LogP contribution < -0.4 is 28.4 Å². The van der Waals surface area contributed by atoms with Gasteiger partial charge in [0.25, 0.3) is 0 Å². The summed E-state index contributed by atoms with van der Waals surface area (Å²) in [5, 5.41) is 9.85. The second-order valence-electron chi connectivity index (χ2n) is 5.25. The summed E-state index contributed by atoms with van der Waals surface area (Å²) >= 11 is 0. The lowest BCUT2D eigenvalue weighted by molar-refractivity contribution is 0.171. The summed E-state index contributed by atoms with van der Waals surface area (Å²) < 4.78 is 32.7. The van der Waals surface area contributed by atoms with Crippen LogP contribution in [0.5, 0.6) is 34.5 Å². The van der Waals surface area contributed by atoms with Gasteiger partial charge in [-0.3, -0.25) is 0 Å². The average molecular weight is 348 g/mol. The average Bonchev–Trinajstić information content (AvgIpc) is 3.13. The van der Waals surface area contributed by atoms with Crippen LogP contribution in [-0.2, 0) is 6.61 Å². The number of hydrogen-bond acceptors (Lipinski definition) is 7. The molecule has 134 valence electrons. The molecule has 25 heavy (non-hydrogen) atoms. The van der Waals surface area contributed by atoms with E-state index in [-0.39, 0.29) is 13.4 Å². The summed E-state index contributed by atoms with van der Waals surface area (Å²) in [5.74, 6) is 3.01. The van der Waals surface area contributed by atoms with Gasteiger partial charge in [-0.2, -0.15) is 0 Å². The monoisotopic (exact) mass is 348 g/mol. The first-order valence-electron chi connectivity index (χ1n) is 7.59. The van der Waals surface area contributed by atoms with E-state index in [0.717, 1.165) is 5.56 Å². The number of benzene rings is 2. The molecular formula is C18H20O7. The Balaban J connectivity index is 2.29. The molecule has 0 saturated carbocycles. The maximum Gasteiger partial charge on any atom is 0.231 e. The van der Waals surface area contributed by atoms with Crippen LogP contribution in [0.4, 0.5) is 0 Å². The molecular weight excluding hydrogens is 328 g/mol. The zero-order valence-electron chi connectivity index (χ0n) is 14.5. The third kappa shape index (κ3) is 2.76. The van der Waals surface area contributed by atoms with Crippen LogP contribution in [0.15, 0.2) is 18.2 Å². The molecule has 0 bridgehead atoms. The fraction of sp³-hybridized carbons (Fsp3) is 0.333. The summed E-state index contributed by atoms with van der Waals surface area (Å²) in [5.41, 5.74) is 2.04. The quantitative estimate of drug-likeness (QED) is 0.860. The molecule has 0 saturated heterocycles. The Morgan fingerprint density at radius 1 is 0.880 bits per heavy atom. The topological polar surface area (TPSA) is 75.6 Å². The van der Waals surface area contributed by atoms with Crippen molar-refractivity contribution < 1.29 is 33.5 Å². The molecule has 7 heteroatoms. The van der Waals surface area contributed by atoms with E-state index < -0.39 is 0 Å². The first-order chi connectivity index (χ1) is 12.2. The molecule has 1 heterocycles. The van der Waals surface area contributed by atoms with Crippen LogP contribution in [0.3, 0.4) is 0 Å². The first kappa shape index (κ1) is 17.0. The van der Waals surface area contributed by atoms with Gasteiger partial charge in [-0.05, 0) is 29.3 Å². The van der Waals surface area contributed by atoms with Crippen molar-refractivity contribution in [1.82, 2.24) is 0 Å². The first-order valence-corrected chi connectivity index (χ1v) is 7.59. The van der Waals surface area contributed by atoms with Crippen molar-refractivity contribution in [2.45, 2.75) is 6.61 Å². The largest absolute Gasteiger partial charge is 0.493 e. The van der Waals surface area contributed by atoms with Gasteiger partial charge in [0, 0.05) is 5.56 Å². The van der Waals surface area contributed by atoms with E-state index >= 15 is 0 Å². The van der Waals surface area contributed by atoms with Gasteiger partial charge in [0.15, 0.2) is 23.0 Å². The zero-order chi connectivity index (χ0) is 18.0. The van der Waals surface area contributed by atoms with Crippen LogP contribution in [0, 0.1) is 0 Å². The van der Waals surface area contributed by atoms with Crippen LogP contribution in [-0.4, -0.2) is 40.3 Å². The van der Waals surface area contributed by atoms with Crippen molar-refractivity contribution in [3.05, 3.63) is 23.8 Å². The molecule has 0 aliphatic carbocycles. The van der Waals surface area contributed by atoms with Crippen molar-refractivity contribution >= 4 is 0 Å². The number of hydrogen-bond donors (Lipinski definition) is 1. The van der Waals surface area contributed by atoms with Crippen molar-refractivity contribution in [2.24, 2.45) is 0 Å². The summed E-state index contributed by atoms with van der Waals surface area (Å²) in [6.45, 7) is -0.0890. The highest BCUT2D eigenvalue weighted by Crippen LogP contribution is 2.51. The SMILES string of the molecule is COc1cc(-c2c(CO)cc3c(c2OC)OCO3)cc(OC)c1OC. The highest BCUT2D eigenvalue weighted by atomic mass is 16.7. The van der Waals surface area contributed by atoms with Crippen LogP contribution in [0.25, 0.3) is 11.1 Å². The van der Waals surface area contributed by atoms with E-state index in [4.69, 9.17) is 28.4 Å². The Hall–Kier alpha value is -2.80. The number of rotatable bonds is 6. The predicted octanol–water partition coefficient (Wildman–Crippen LogP) is 2.61. The van der Waals surface area contributed by atoms with E-state index in [2.05, 4.69) is 0 Å². The highest BCUT2D eigenvalue weighted by Gasteiger charge is 2.27. The Labute approximate surface area is 145 Å². The molecule has 2 aromatic carbocycles. The summed E-state index contributed by atoms with van der Waals surface area (Å²) in [7, 11) is 6.18. The van der Waals surface area contributed by atoms with Gasteiger partial charge < -0.3 is 33.5 Å². The molecule has 0 aromatic heterocycles. The van der Waals surface area contributed by atoms with Crippen LogP contribution in [0.2, 0.25) is 0 Å². The van der Waals surface area contributed by atoms with Gasteiger partial charge in [-0.25, -0.2) is 0 Å². The molecule has 1 aliphatic rings. The lowest BCUT2D eigenvalue weighted by Gasteiger charge is -2.18. The number of fused-ring (bicyclic) bond motifs is 1. The minimum absolute atomic E-state index is 0.106.